The summed E-state index contributed by atoms with van der Waals surface area (Å²) in [6.45, 7) is 7.04. The molecule has 0 radical (unpaired) electrons. The number of carbonyl (C=O) groups excluding carboxylic acids is 1. The fourth-order valence-electron chi connectivity index (χ4n) is 4.00. The Balaban J connectivity index is 1.80. The van der Waals surface area contributed by atoms with Crippen molar-refractivity contribution in [3.8, 4) is 0 Å². The lowest BCUT2D eigenvalue weighted by Crippen LogP contribution is -2.50. The maximum absolute atomic E-state index is 12.6. The summed E-state index contributed by atoms with van der Waals surface area (Å²) in [5.41, 5.74) is 3.31. The number of H-pyrrole nitrogens is 1. The Labute approximate surface area is 146 Å². The molecule has 1 aromatic heterocycles. The Bertz CT molecular complexity index is 798. The summed E-state index contributed by atoms with van der Waals surface area (Å²) in [6, 6.07) is 7.72. The third kappa shape index (κ3) is 2.84. The van der Waals surface area contributed by atoms with Gasteiger partial charge in [0.2, 0.25) is 0 Å². The predicted octanol–water partition coefficient (Wildman–Crippen LogP) is 2.44. The molecule has 134 valence electrons. The van der Waals surface area contributed by atoms with Gasteiger partial charge < -0.3 is 19.2 Å². The molecule has 4 rings (SSSR count). The van der Waals surface area contributed by atoms with E-state index in [1.165, 1.54) is 0 Å². The van der Waals surface area contributed by atoms with Crippen LogP contribution in [0, 0.1) is 0 Å². The molecule has 1 fully saturated rings. The van der Waals surface area contributed by atoms with E-state index >= 15 is 0 Å². The highest BCUT2D eigenvalue weighted by Gasteiger charge is 2.47. The SMILES string of the molecule is CCOC(=O)C1NCc2[nH]c3ccccc3c2C1C1COC(C)(C)O1. The van der Waals surface area contributed by atoms with Crippen molar-refractivity contribution in [1.29, 1.82) is 0 Å². The van der Waals surface area contributed by atoms with Crippen LogP contribution in [0.1, 0.15) is 37.9 Å². The van der Waals surface area contributed by atoms with Crippen LogP contribution in [0.4, 0.5) is 0 Å². The molecule has 2 N–H and O–H groups in total. The van der Waals surface area contributed by atoms with Crippen LogP contribution >= 0.6 is 0 Å². The largest absolute Gasteiger partial charge is 0.465 e. The van der Waals surface area contributed by atoms with Gasteiger partial charge in [0.25, 0.3) is 0 Å². The van der Waals surface area contributed by atoms with Gasteiger partial charge in [0, 0.05) is 29.1 Å². The van der Waals surface area contributed by atoms with Gasteiger partial charge >= 0.3 is 5.97 Å². The zero-order valence-corrected chi connectivity index (χ0v) is 14.8. The summed E-state index contributed by atoms with van der Waals surface area (Å²) in [4.78, 5) is 16.1. The van der Waals surface area contributed by atoms with Gasteiger partial charge in [-0.15, -0.1) is 0 Å². The number of para-hydroxylation sites is 1. The number of rotatable bonds is 3. The van der Waals surface area contributed by atoms with Gasteiger partial charge in [0.15, 0.2) is 5.79 Å². The lowest BCUT2D eigenvalue weighted by atomic mass is 9.82. The second-order valence-corrected chi connectivity index (χ2v) is 7.07. The molecule has 25 heavy (non-hydrogen) atoms. The molecule has 2 aliphatic heterocycles. The molecule has 3 atom stereocenters. The standard InChI is InChI=1S/C19H24N2O4/c1-4-23-18(22)17-16(14-10-24-19(2,3)25-14)15-11-7-5-6-8-12(11)21-13(15)9-20-17/h5-8,14,16-17,20-21H,4,9-10H2,1-3H3. The molecule has 1 saturated heterocycles. The van der Waals surface area contributed by atoms with Crippen molar-refractivity contribution in [2.24, 2.45) is 0 Å². The van der Waals surface area contributed by atoms with Crippen molar-refractivity contribution < 1.29 is 19.0 Å². The maximum Gasteiger partial charge on any atom is 0.323 e. The topological polar surface area (TPSA) is 72.6 Å². The fraction of sp³-hybridized carbons (Fsp3) is 0.526. The molecule has 0 spiro atoms. The minimum Gasteiger partial charge on any atom is -0.465 e. The second-order valence-electron chi connectivity index (χ2n) is 7.07. The van der Waals surface area contributed by atoms with Crippen molar-refractivity contribution in [3.63, 3.8) is 0 Å². The van der Waals surface area contributed by atoms with Crippen LogP contribution in [0.5, 0.6) is 0 Å². The Kier molecular flexibility index (Phi) is 4.06. The van der Waals surface area contributed by atoms with Gasteiger partial charge in [-0.25, -0.2) is 0 Å². The minimum atomic E-state index is -0.645. The predicted molar refractivity (Wildman–Crippen MR) is 93.2 cm³/mol. The van der Waals surface area contributed by atoms with Gasteiger partial charge in [-0.2, -0.15) is 0 Å². The molecular formula is C19H24N2O4. The first-order valence-electron chi connectivity index (χ1n) is 8.81. The van der Waals surface area contributed by atoms with Crippen LogP contribution in [0.15, 0.2) is 24.3 Å². The summed E-state index contributed by atoms with van der Waals surface area (Å²) in [5, 5.41) is 4.46. The number of benzene rings is 1. The number of ether oxygens (including phenoxy) is 3. The smallest absolute Gasteiger partial charge is 0.323 e. The van der Waals surface area contributed by atoms with E-state index in [2.05, 4.69) is 22.4 Å². The van der Waals surface area contributed by atoms with Crippen molar-refractivity contribution in [1.82, 2.24) is 10.3 Å². The highest BCUT2D eigenvalue weighted by molar-refractivity contribution is 5.88. The van der Waals surface area contributed by atoms with E-state index in [1.807, 2.05) is 32.9 Å². The highest BCUT2D eigenvalue weighted by atomic mass is 16.7. The summed E-state index contributed by atoms with van der Waals surface area (Å²) in [6.07, 6.45) is -0.213. The van der Waals surface area contributed by atoms with Crippen LogP contribution in [-0.4, -0.2) is 42.1 Å². The first-order valence-corrected chi connectivity index (χ1v) is 8.81. The molecule has 0 aliphatic carbocycles. The Morgan fingerprint density at radius 2 is 2.16 bits per heavy atom. The molecule has 6 heteroatoms. The molecule has 0 saturated carbocycles. The normalized spacial score (nSPS) is 28.0. The maximum atomic E-state index is 12.6. The third-order valence-corrected chi connectivity index (χ3v) is 4.99. The molecule has 3 heterocycles. The number of esters is 1. The quantitative estimate of drug-likeness (QED) is 0.837. The van der Waals surface area contributed by atoms with E-state index in [0.717, 1.165) is 22.2 Å². The first kappa shape index (κ1) is 16.6. The lowest BCUT2D eigenvalue weighted by molar-refractivity contribution is -0.153. The van der Waals surface area contributed by atoms with Gasteiger partial charge in [0.05, 0.1) is 19.3 Å². The van der Waals surface area contributed by atoms with E-state index in [1.54, 1.807) is 0 Å². The number of nitrogens with one attached hydrogen (secondary N) is 2. The third-order valence-electron chi connectivity index (χ3n) is 4.99. The van der Waals surface area contributed by atoms with Gasteiger partial charge in [-0.05, 0) is 32.4 Å². The van der Waals surface area contributed by atoms with E-state index in [4.69, 9.17) is 14.2 Å². The second kappa shape index (κ2) is 6.12. The molecule has 0 bridgehead atoms. The average molecular weight is 344 g/mol. The molecule has 2 aromatic rings. The minimum absolute atomic E-state index is 0.166. The average Bonchev–Trinajstić information content (AvgIpc) is 3.13. The summed E-state index contributed by atoms with van der Waals surface area (Å²) < 4.78 is 17.2. The van der Waals surface area contributed by atoms with Gasteiger partial charge in [-0.3, -0.25) is 10.1 Å². The summed E-state index contributed by atoms with van der Waals surface area (Å²) >= 11 is 0. The van der Waals surface area contributed by atoms with Crippen molar-refractivity contribution >= 4 is 16.9 Å². The van der Waals surface area contributed by atoms with Crippen LogP contribution in [0.2, 0.25) is 0 Å². The van der Waals surface area contributed by atoms with Gasteiger partial charge in [0.1, 0.15) is 6.04 Å². The van der Waals surface area contributed by atoms with Crippen molar-refractivity contribution in [2.75, 3.05) is 13.2 Å². The molecule has 6 nitrogen and oxygen atoms in total. The fourth-order valence-corrected chi connectivity index (χ4v) is 4.00. The van der Waals surface area contributed by atoms with E-state index < -0.39 is 11.8 Å². The number of carbonyl (C=O) groups is 1. The number of aromatic nitrogens is 1. The zero-order valence-electron chi connectivity index (χ0n) is 14.8. The molecule has 2 aliphatic rings. The lowest BCUT2D eigenvalue weighted by Gasteiger charge is -2.34. The Morgan fingerprint density at radius 3 is 2.88 bits per heavy atom. The number of hydrogen-bond donors (Lipinski definition) is 2. The van der Waals surface area contributed by atoms with E-state index in [0.29, 0.717) is 19.8 Å². The van der Waals surface area contributed by atoms with Crippen LogP contribution < -0.4 is 5.32 Å². The van der Waals surface area contributed by atoms with Crippen LogP contribution in [-0.2, 0) is 25.5 Å². The zero-order chi connectivity index (χ0) is 17.6. The first-order chi connectivity index (χ1) is 12.0. The Morgan fingerprint density at radius 1 is 1.36 bits per heavy atom. The molecule has 0 amide bonds. The van der Waals surface area contributed by atoms with Crippen molar-refractivity contribution in [2.45, 2.75) is 51.2 Å². The van der Waals surface area contributed by atoms with Crippen LogP contribution in [0.3, 0.4) is 0 Å². The Hall–Kier alpha value is -1.89. The molecule has 3 unspecified atom stereocenters. The van der Waals surface area contributed by atoms with E-state index in [-0.39, 0.29) is 18.0 Å². The highest BCUT2D eigenvalue weighted by Crippen LogP contribution is 2.41. The van der Waals surface area contributed by atoms with Crippen molar-refractivity contribution in [3.05, 3.63) is 35.5 Å². The molecular weight excluding hydrogens is 320 g/mol. The summed E-state index contributed by atoms with van der Waals surface area (Å²) in [7, 11) is 0. The monoisotopic (exact) mass is 344 g/mol. The number of aromatic amines is 1. The summed E-state index contributed by atoms with van der Waals surface area (Å²) in [5.74, 6) is -1.05. The van der Waals surface area contributed by atoms with E-state index in [9.17, 15) is 4.79 Å². The van der Waals surface area contributed by atoms with Gasteiger partial charge in [-0.1, -0.05) is 18.2 Å². The van der Waals surface area contributed by atoms with Crippen LogP contribution in [0.25, 0.3) is 10.9 Å². The molecule has 1 aromatic carbocycles. The number of hydrogen-bond acceptors (Lipinski definition) is 5. The number of fused-ring (bicyclic) bond motifs is 3.